The Kier molecular flexibility index (Phi) is 8.34. The van der Waals surface area contributed by atoms with E-state index in [1.165, 1.54) is 43.4 Å². The van der Waals surface area contributed by atoms with Crippen molar-refractivity contribution in [3.63, 3.8) is 0 Å². The second-order valence-electron chi connectivity index (χ2n) is 7.84. The van der Waals surface area contributed by atoms with E-state index in [2.05, 4.69) is 18.0 Å². The molecular weight excluding hydrogens is 389 g/mol. The molecule has 0 saturated carbocycles. The summed E-state index contributed by atoms with van der Waals surface area (Å²) in [5.41, 5.74) is 3.87. The highest BCUT2D eigenvalue weighted by atomic mass is 19.1. The third kappa shape index (κ3) is 6.48. The van der Waals surface area contributed by atoms with E-state index in [0.29, 0.717) is 5.75 Å². The molecule has 0 radical (unpaired) electrons. The van der Waals surface area contributed by atoms with Gasteiger partial charge in [0.1, 0.15) is 11.6 Å². The highest BCUT2D eigenvalue weighted by molar-refractivity contribution is 5.91. The first-order valence-electron chi connectivity index (χ1n) is 11.2. The van der Waals surface area contributed by atoms with Crippen molar-refractivity contribution in [2.45, 2.75) is 58.8 Å². The molecule has 0 bridgehead atoms. The van der Waals surface area contributed by atoms with Gasteiger partial charge in [0, 0.05) is 11.8 Å². The molecule has 162 valence electrons. The van der Waals surface area contributed by atoms with Gasteiger partial charge in [-0.3, -0.25) is 4.98 Å². The molecule has 0 N–H and O–H groups in total. The third-order valence-corrected chi connectivity index (χ3v) is 5.30. The number of aromatic nitrogens is 1. The maximum Gasteiger partial charge on any atom is 0.346 e. The molecule has 3 nitrogen and oxygen atoms in total. The zero-order valence-electron chi connectivity index (χ0n) is 18.4. The van der Waals surface area contributed by atoms with E-state index in [-0.39, 0.29) is 5.56 Å². The zero-order chi connectivity index (χ0) is 22.1. The normalized spacial score (nSPS) is 10.8. The van der Waals surface area contributed by atoms with Crippen LogP contribution in [0.2, 0.25) is 0 Å². The monoisotopic (exact) mass is 419 g/mol. The average molecular weight is 420 g/mol. The van der Waals surface area contributed by atoms with Gasteiger partial charge in [-0.1, -0.05) is 51.7 Å². The molecule has 0 unspecified atom stereocenters. The van der Waals surface area contributed by atoms with Gasteiger partial charge in [-0.05, 0) is 72.9 Å². The Labute approximate surface area is 184 Å². The van der Waals surface area contributed by atoms with E-state index in [1.807, 2.05) is 31.3 Å². The van der Waals surface area contributed by atoms with Crippen molar-refractivity contribution in [3.05, 3.63) is 83.3 Å². The van der Waals surface area contributed by atoms with Gasteiger partial charge in [0.2, 0.25) is 0 Å². The van der Waals surface area contributed by atoms with Crippen LogP contribution in [-0.2, 0) is 12.8 Å². The van der Waals surface area contributed by atoms with Crippen molar-refractivity contribution in [2.24, 2.45) is 0 Å². The quantitative estimate of drug-likeness (QED) is 0.198. The van der Waals surface area contributed by atoms with Crippen LogP contribution in [0, 0.1) is 5.82 Å². The zero-order valence-corrected chi connectivity index (χ0v) is 18.4. The van der Waals surface area contributed by atoms with Crippen molar-refractivity contribution in [2.75, 3.05) is 0 Å². The highest BCUT2D eigenvalue weighted by Gasteiger charge is 2.15. The van der Waals surface area contributed by atoms with Gasteiger partial charge in [-0.2, -0.15) is 0 Å². The van der Waals surface area contributed by atoms with Crippen LogP contribution in [-0.4, -0.2) is 11.0 Å². The summed E-state index contributed by atoms with van der Waals surface area (Å²) >= 11 is 0. The predicted molar refractivity (Wildman–Crippen MR) is 123 cm³/mol. The Morgan fingerprint density at radius 3 is 2.29 bits per heavy atom. The first kappa shape index (κ1) is 22.7. The molecule has 0 aliphatic rings. The highest BCUT2D eigenvalue weighted by Crippen LogP contribution is 2.23. The number of unbranched alkanes of at least 4 members (excludes halogenated alkanes) is 3. The summed E-state index contributed by atoms with van der Waals surface area (Å²) in [7, 11) is 0. The summed E-state index contributed by atoms with van der Waals surface area (Å²) in [6, 6.07) is 15.9. The molecule has 0 atom stereocenters. The number of ether oxygens (including phenoxy) is 1. The van der Waals surface area contributed by atoms with E-state index < -0.39 is 11.8 Å². The lowest BCUT2D eigenvalue weighted by atomic mass is 10.1. The van der Waals surface area contributed by atoms with Gasteiger partial charge in [-0.25, -0.2) is 9.18 Å². The van der Waals surface area contributed by atoms with E-state index in [9.17, 15) is 9.18 Å². The van der Waals surface area contributed by atoms with Crippen LogP contribution in [0.4, 0.5) is 4.39 Å². The van der Waals surface area contributed by atoms with Crippen molar-refractivity contribution in [1.29, 1.82) is 0 Å². The summed E-state index contributed by atoms with van der Waals surface area (Å²) in [6.45, 7) is 4.24. The molecule has 2 aromatic carbocycles. The Hall–Kier alpha value is -3.01. The first-order chi connectivity index (χ1) is 15.1. The summed E-state index contributed by atoms with van der Waals surface area (Å²) in [5.74, 6) is -0.872. The van der Waals surface area contributed by atoms with Crippen LogP contribution in [0.25, 0.3) is 11.3 Å². The van der Waals surface area contributed by atoms with Crippen LogP contribution < -0.4 is 4.74 Å². The number of carbonyl (C=O) groups is 1. The van der Waals surface area contributed by atoms with Crippen molar-refractivity contribution in [1.82, 2.24) is 4.98 Å². The van der Waals surface area contributed by atoms with Gasteiger partial charge in [0.25, 0.3) is 0 Å². The minimum atomic E-state index is -0.696. The maximum atomic E-state index is 14.3. The fraction of sp³-hybridized carbons (Fsp3) is 0.333. The Morgan fingerprint density at radius 2 is 1.65 bits per heavy atom. The van der Waals surface area contributed by atoms with E-state index in [0.717, 1.165) is 36.1 Å². The van der Waals surface area contributed by atoms with E-state index >= 15 is 0 Å². The number of nitrogens with zero attached hydrogens (tertiary/aromatic N) is 1. The maximum absolute atomic E-state index is 14.3. The molecule has 0 spiro atoms. The number of esters is 1. The van der Waals surface area contributed by atoms with Crippen LogP contribution in [0.15, 0.2) is 60.8 Å². The number of pyridine rings is 1. The summed E-state index contributed by atoms with van der Waals surface area (Å²) in [5, 5.41) is 0. The van der Waals surface area contributed by atoms with Crippen LogP contribution in [0.1, 0.15) is 67.4 Å². The van der Waals surface area contributed by atoms with E-state index in [4.69, 9.17) is 4.74 Å². The number of halogens is 1. The van der Waals surface area contributed by atoms with Gasteiger partial charge in [0.05, 0.1) is 11.3 Å². The average Bonchev–Trinajstić information content (AvgIpc) is 2.78. The molecule has 0 aliphatic heterocycles. The number of carbonyl (C=O) groups excluding carboxylic acids is 1. The number of hydrogen-bond acceptors (Lipinski definition) is 3. The second-order valence-corrected chi connectivity index (χ2v) is 7.84. The molecule has 31 heavy (non-hydrogen) atoms. The SMILES string of the molecule is CCCCCCc1ccc(-c2ccc(OC(=O)c3ccc(CCC)cc3F)cc2)nc1. The smallest absolute Gasteiger partial charge is 0.346 e. The molecule has 3 aromatic rings. The van der Waals surface area contributed by atoms with Gasteiger partial charge < -0.3 is 4.74 Å². The number of benzene rings is 2. The minimum Gasteiger partial charge on any atom is -0.423 e. The Bertz CT molecular complexity index is 981. The predicted octanol–water partition coefficient (Wildman–Crippen LogP) is 7.18. The largest absolute Gasteiger partial charge is 0.423 e. The molecule has 1 aromatic heterocycles. The number of aryl methyl sites for hydroxylation is 2. The number of rotatable bonds is 10. The van der Waals surface area contributed by atoms with Crippen molar-refractivity contribution < 1.29 is 13.9 Å². The topological polar surface area (TPSA) is 39.2 Å². The molecule has 0 fully saturated rings. The molecule has 0 amide bonds. The fourth-order valence-electron chi connectivity index (χ4n) is 3.52. The van der Waals surface area contributed by atoms with Gasteiger partial charge >= 0.3 is 5.97 Å². The lowest BCUT2D eigenvalue weighted by molar-refractivity contribution is 0.0730. The third-order valence-electron chi connectivity index (χ3n) is 5.30. The van der Waals surface area contributed by atoms with E-state index in [1.54, 1.807) is 18.2 Å². The van der Waals surface area contributed by atoms with Gasteiger partial charge in [0.15, 0.2) is 0 Å². The number of hydrogen-bond donors (Lipinski definition) is 0. The summed E-state index contributed by atoms with van der Waals surface area (Å²) < 4.78 is 19.6. The second kappa shape index (κ2) is 11.4. The van der Waals surface area contributed by atoms with Gasteiger partial charge in [-0.15, -0.1) is 0 Å². The van der Waals surface area contributed by atoms with Crippen LogP contribution in [0.3, 0.4) is 0 Å². The van der Waals surface area contributed by atoms with Crippen molar-refractivity contribution >= 4 is 5.97 Å². The molecular formula is C27H30FNO2. The molecule has 3 rings (SSSR count). The van der Waals surface area contributed by atoms with Crippen LogP contribution >= 0.6 is 0 Å². The Balaban J connectivity index is 1.60. The minimum absolute atomic E-state index is 0.0554. The Morgan fingerprint density at radius 1 is 0.871 bits per heavy atom. The standard InChI is InChI=1S/C27H30FNO2/c1-3-5-6-7-9-21-11-17-26(29-19-21)22-12-14-23(15-13-22)31-27(30)24-16-10-20(8-4-2)18-25(24)28/h10-19H,3-9H2,1-2H3. The summed E-state index contributed by atoms with van der Waals surface area (Å²) in [4.78, 5) is 16.9. The first-order valence-corrected chi connectivity index (χ1v) is 11.2. The molecule has 1 heterocycles. The molecule has 4 heteroatoms. The lowest BCUT2D eigenvalue weighted by Crippen LogP contribution is -2.11. The molecule has 0 aliphatic carbocycles. The fourth-order valence-corrected chi connectivity index (χ4v) is 3.52. The lowest BCUT2D eigenvalue weighted by Gasteiger charge is -2.08. The molecule has 0 saturated heterocycles. The van der Waals surface area contributed by atoms with Crippen molar-refractivity contribution in [3.8, 4) is 17.0 Å². The van der Waals surface area contributed by atoms with Crippen LogP contribution in [0.5, 0.6) is 5.75 Å². The summed E-state index contributed by atoms with van der Waals surface area (Å²) in [6.07, 6.45) is 9.65.